The summed E-state index contributed by atoms with van der Waals surface area (Å²) in [5.41, 5.74) is 4.61. The molecule has 2 aliphatic carbocycles. The molecule has 1 unspecified atom stereocenters. The first kappa shape index (κ1) is 18.6. The maximum atomic E-state index is 5.48. The molecule has 0 spiro atoms. The van der Waals surface area contributed by atoms with Crippen LogP contribution in [0.25, 0.3) is 0 Å². The summed E-state index contributed by atoms with van der Waals surface area (Å²) in [4.78, 5) is 0. The minimum atomic E-state index is 0.261. The van der Waals surface area contributed by atoms with Crippen LogP contribution in [-0.2, 0) is 0 Å². The van der Waals surface area contributed by atoms with Crippen LogP contribution in [0.3, 0.4) is 0 Å². The summed E-state index contributed by atoms with van der Waals surface area (Å²) in [5.74, 6) is 6.06. The number of hydrogen-bond acceptors (Lipinski definition) is 0. The van der Waals surface area contributed by atoms with Crippen molar-refractivity contribution in [3.05, 3.63) is 22.8 Å². The van der Waals surface area contributed by atoms with E-state index in [1.807, 2.05) is 0 Å². The van der Waals surface area contributed by atoms with Crippen molar-refractivity contribution in [1.29, 1.82) is 0 Å². The second kappa shape index (κ2) is 7.24. The predicted molar refractivity (Wildman–Crippen MR) is 98.3 cm³/mol. The van der Waals surface area contributed by atoms with Gasteiger partial charge in [-0.15, -0.1) is 12.8 Å². The van der Waals surface area contributed by atoms with Crippen LogP contribution < -0.4 is 0 Å². The van der Waals surface area contributed by atoms with Gasteiger partial charge in [0.1, 0.15) is 0 Å². The zero-order valence-corrected chi connectivity index (χ0v) is 15.3. The summed E-state index contributed by atoms with van der Waals surface area (Å²) >= 11 is 0. The van der Waals surface area contributed by atoms with Gasteiger partial charge in [-0.25, -0.2) is 0 Å². The van der Waals surface area contributed by atoms with Crippen LogP contribution in [0.4, 0.5) is 0 Å². The summed E-state index contributed by atoms with van der Waals surface area (Å²) in [6, 6.07) is 0. The standard InChI is InChI=1S/2C11H16/c2*1-5-10-9(2)7-6-8-11(10,3)4/h1H,6-8H2,2-4H3;1,7,10H,6,8H2,2-4H3. The Balaban J connectivity index is 0.000000220. The maximum absolute atomic E-state index is 5.48. The molecule has 0 nitrogen and oxygen atoms in total. The molecular formula is C22H32. The van der Waals surface area contributed by atoms with E-state index in [1.165, 1.54) is 48.8 Å². The van der Waals surface area contributed by atoms with Gasteiger partial charge in [-0.05, 0) is 56.8 Å². The number of rotatable bonds is 0. The Hall–Kier alpha value is -1.40. The topological polar surface area (TPSA) is 0 Å². The van der Waals surface area contributed by atoms with E-state index in [0.717, 1.165) is 0 Å². The lowest BCUT2D eigenvalue weighted by Gasteiger charge is -2.34. The van der Waals surface area contributed by atoms with Crippen molar-refractivity contribution in [2.45, 2.75) is 73.6 Å². The Labute approximate surface area is 138 Å². The van der Waals surface area contributed by atoms with Crippen molar-refractivity contribution in [2.75, 3.05) is 0 Å². The van der Waals surface area contributed by atoms with Crippen LogP contribution in [0.1, 0.15) is 73.6 Å². The fourth-order valence-electron chi connectivity index (χ4n) is 3.85. The number of terminal acetylenes is 2. The lowest BCUT2D eigenvalue weighted by atomic mass is 9.69. The highest BCUT2D eigenvalue weighted by Gasteiger charge is 2.31. The lowest BCUT2D eigenvalue weighted by Crippen LogP contribution is -2.26. The molecule has 2 rings (SSSR count). The number of hydrogen-bond donors (Lipinski definition) is 0. The monoisotopic (exact) mass is 296 g/mol. The fourth-order valence-corrected chi connectivity index (χ4v) is 3.85. The minimum Gasteiger partial charge on any atom is -0.119 e. The molecule has 0 bridgehead atoms. The average Bonchev–Trinajstić information content (AvgIpc) is 2.38. The van der Waals surface area contributed by atoms with Gasteiger partial charge in [-0.3, -0.25) is 0 Å². The van der Waals surface area contributed by atoms with Gasteiger partial charge in [0.2, 0.25) is 0 Å². The number of allylic oxidation sites excluding steroid dienone is 4. The average molecular weight is 296 g/mol. The quantitative estimate of drug-likeness (QED) is 0.371. The highest BCUT2D eigenvalue weighted by Crippen LogP contribution is 2.40. The van der Waals surface area contributed by atoms with E-state index in [9.17, 15) is 0 Å². The molecule has 0 saturated heterocycles. The van der Waals surface area contributed by atoms with Gasteiger partial charge in [-0.2, -0.15) is 0 Å². The molecule has 0 aromatic carbocycles. The van der Waals surface area contributed by atoms with Crippen LogP contribution in [0.2, 0.25) is 0 Å². The molecule has 0 fully saturated rings. The molecule has 0 radical (unpaired) electrons. The Morgan fingerprint density at radius 2 is 1.73 bits per heavy atom. The summed E-state index contributed by atoms with van der Waals surface area (Å²) in [5, 5.41) is 0. The Morgan fingerprint density at radius 3 is 2.09 bits per heavy atom. The molecule has 0 heterocycles. The molecular weight excluding hydrogens is 264 g/mol. The summed E-state index contributed by atoms with van der Waals surface area (Å²) in [6.45, 7) is 13.3. The zero-order valence-electron chi connectivity index (χ0n) is 15.3. The largest absolute Gasteiger partial charge is 0.119 e. The van der Waals surface area contributed by atoms with Gasteiger partial charge in [0.05, 0.1) is 0 Å². The van der Waals surface area contributed by atoms with Crippen LogP contribution in [-0.4, -0.2) is 0 Å². The third kappa shape index (κ3) is 4.30. The second-order valence-electron chi connectivity index (χ2n) is 8.11. The lowest BCUT2D eigenvalue weighted by molar-refractivity contribution is 0.263. The summed E-state index contributed by atoms with van der Waals surface area (Å²) < 4.78 is 0. The Kier molecular flexibility index (Phi) is 6.14. The van der Waals surface area contributed by atoms with E-state index < -0.39 is 0 Å². The molecule has 0 aromatic rings. The van der Waals surface area contributed by atoms with E-state index in [0.29, 0.717) is 11.3 Å². The van der Waals surface area contributed by atoms with E-state index in [2.05, 4.69) is 59.5 Å². The minimum absolute atomic E-state index is 0.261. The maximum Gasteiger partial charge on any atom is 0.0457 e. The fraction of sp³-hybridized carbons (Fsp3) is 0.636. The van der Waals surface area contributed by atoms with Gasteiger partial charge in [0, 0.05) is 11.5 Å². The molecule has 0 aromatic heterocycles. The van der Waals surface area contributed by atoms with Crippen molar-refractivity contribution in [2.24, 2.45) is 16.7 Å². The molecule has 0 N–H and O–H groups in total. The van der Waals surface area contributed by atoms with Gasteiger partial charge in [0.25, 0.3) is 0 Å². The molecule has 0 heteroatoms. The predicted octanol–water partition coefficient (Wildman–Crippen LogP) is 6.15. The molecule has 0 saturated carbocycles. The van der Waals surface area contributed by atoms with Crippen molar-refractivity contribution in [3.63, 3.8) is 0 Å². The van der Waals surface area contributed by atoms with Gasteiger partial charge in [0.15, 0.2) is 0 Å². The van der Waals surface area contributed by atoms with Crippen LogP contribution in [0, 0.1) is 41.4 Å². The molecule has 22 heavy (non-hydrogen) atoms. The first-order valence-electron chi connectivity index (χ1n) is 8.45. The smallest absolute Gasteiger partial charge is 0.0457 e. The van der Waals surface area contributed by atoms with E-state index in [-0.39, 0.29) is 5.41 Å². The Morgan fingerprint density at radius 1 is 1.09 bits per heavy atom. The first-order valence-corrected chi connectivity index (χ1v) is 8.45. The van der Waals surface area contributed by atoms with Crippen LogP contribution in [0.15, 0.2) is 22.8 Å². The molecule has 0 amide bonds. The van der Waals surface area contributed by atoms with E-state index in [4.69, 9.17) is 12.8 Å². The normalized spacial score (nSPS) is 26.0. The molecule has 2 aliphatic rings. The van der Waals surface area contributed by atoms with E-state index >= 15 is 0 Å². The third-order valence-electron chi connectivity index (χ3n) is 5.26. The van der Waals surface area contributed by atoms with Crippen LogP contribution in [0.5, 0.6) is 0 Å². The van der Waals surface area contributed by atoms with Crippen molar-refractivity contribution < 1.29 is 0 Å². The van der Waals surface area contributed by atoms with Gasteiger partial charge in [-0.1, -0.05) is 56.8 Å². The molecule has 120 valence electrons. The second-order valence-corrected chi connectivity index (χ2v) is 8.11. The highest BCUT2D eigenvalue weighted by molar-refractivity contribution is 5.37. The van der Waals surface area contributed by atoms with Gasteiger partial charge < -0.3 is 0 Å². The van der Waals surface area contributed by atoms with Crippen molar-refractivity contribution in [3.8, 4) is 24.7 Å². The molecule has 0 aliphatic heterocycles. The summed E-state index contributed by atoms with van der Waals surface area (Å²) in [7, 11) is 0. The highest BCUT2D eigenvalue weighted by atomic mass is 14.3. The van der Waals surface area contributed by atoms with Crippen LogP contribution >= 0.6 is 0 Å². The first-order chi connectivity index (χ1) is 10.2. The van der Waals surface area contributed by atoms with E-state index in [1.54, 1.807) is 0 Å². The summed E-state index contributed by atoms with van der Waals surface area (Å²) in [6.07, 6.45) is 19.4. The third-order valence-corrected chi connectivity index (χ3v) is 5.26. The Bertz CT molecular complexity index is 538. The van der Waals surface area contributed by atoms with Crippen molar-refractivity contribution >= 4 is 0 Å². The zero-order chi connectivity index (χ0) is 17.0. The van der Waals surface area contributed by atoms with Crippen molar-refractivity contribution in [1.82, 2.24) is 0 Å². The molecule has 1 atom stereocenters. The van der Waals surface area contributed by atoms with Gasteiger partial charge >= 0.3 is 0 Å². The SMILES string of the molecule is C#CC1=C(C)CCCC1(C)C.C#CC1C(C)=CCCC1(C)C.